The Labute approximate surface area is 173 Å². The van der Waals surface area contributed by atoms with Gasteiger partial charge in [0.1, 0.15) is 12.9 Å². The van der Waals surface area contributed by atoms with Crippen LogP contribution in [0.1, 0.15) is 18.9 Å². The Balaban J connectivity index is 1.64. The fraction of sp³-hybridized carbons (Fsp3) is 0.182. The lowest BCUT2D eigenvalue weighted by Gasteiger charge is -2.12. The van der Waals surface area contributed by atoms with Crippen LogP contribution >= 0.6 is 11.6 Å². The zero-order valence-corrected chi connectivity index (χ0v) is 16.7. The summed E-state index contributed by atoms with van der Waals surface area (Å²) in [6.45, 7) is 3.02. The molecule has 2 aromatic heterocycles. The number of para-hydroxylation sites is 1. The van der Waals surface area contributed by atoms with Crippen molar-refractivity contribution in [2.75, 3.05) is 18.5 Å². The van der Waals surface area contributed by atoms with Crippen molar-refractivity contribution in [1.29, 1.82) is 0 Å². The number of aromatic nitrogens is 1. The molecular weight excluding hydrogens is 388 g/mol. The molecule has 0 aliphatic heterocycles. The maximum atomic E-state index is 6.37. The molecule has 148 valence electrons. The molecule has 0 saturated carbocycles. The van der Waals surface area contributed by atoms with E-state index in [4.69, 9.17) is 26.6 Å². The standard InChI is InChI=1S/C22H21ClN4O2/c1-14(27-29-12-4-11-24)15-7-9-16(10-8-15)25-21-17-5-2-3-6-19(17)26-22-20(21)18(23)13-28-22/h2-3,5-10,13H,4,11-12,24H2,1H3,(H,25,26). The van der Waals surface area contributed by atoms with Gasteiger partial charge in [-0.25, -0.2) is 4.98 Å². The molecule has 0 saturated heterocycles. The van der Waals surface area contributed by atoms with Gasteiger partial charge in [0.05, 0.1) is 27.3 Å². The first kappa shape index (κ1) is 19.2. The number of anilines is 2. The van der Waals surface area contributed by atoms with Gasteiger partial charge in [-0.2, -0.15) is 0 Å². The van der Waals surface area contributed by atoms with Crippen LogP contribution in [0.5, 0.6) is 0 Å². The van der Waals surface area contributed by atoms with Crippen LogP contribution in [0, 0.1) is 0 Å². The van der Waals surface area contributed by atoms with Gasteiger partial charge in [-0.05, 0) is 43.7 Å². The van der Waals surface area contributed by atoms with Crippen LogP contribution in [0.3, 0.4) is 0 Å². The van der Waals surface area contributed by atoms with Crippen LogP contribution < -0.4 is 11.1 Å². The van der Waals surface area contributed by atoms with Gasteiger partial charge in [0.15, 0.2) is 0 Å². The van der Waals surface area contributed by atoms with Crippen LogP contribution in [0.2, 0.25) is 5.02 Å². The molecule has 29 heavy (non-hydrogen) atoms. The second kappa shape index (κ2) is 8.51. The molecule has 0 spiro atoms. The summed E-state index contributed by atoms with van der Waals surface area (Å²) in [5.41, 5.74) is 10.4. The molecule has 0 bridgehead atoms. The number of hydrogen-bond donors (Lipinski definition) is 2. The predicted molar refractivity (Wildman–Crippen MR) is 118 cm³/mol. The summed E-state index contributed by atoms with van der Waals surface area (Å²) in [5.74, 6) is 0. The molecular formula is C22H21ClN4O2. The van der Waals surface area contributed by atoms with Gasteiger partial charge >= 0.3 is 0 Å². The Bertz CT molecular complexity index is 1170. The quantitative estimate of drug-likeness (QED) is 0.240. The van der Waals surface area contributed by atoms with Gasteiger partial charge in [0, 0.05) is 11.1 Å². The van der Waals surface area contributed by atoms with Crippen molar-refractivity contribution in [2.24, 2.45) is 10.9 Å². The molecule has 2 heterocycles. The van der Waals surface area contributed by atoms with Crippen molar-refractivity contribution in [2.45, 2.75) is 13.3 Å². The molecule has 4 aromatic rings. The smallest absolute Gasteiger partial charge is 0.230 e. The average molecular weight is 409 g/mol. The zero-order valence-electron chi connectivity index (χ0n) is 16.0. The third-order valence-electron chi connectivity index (χ3n) is 4.59. The number of nitrogens with two attached hydrogens (primary N) is 1. The number of benzene rings is 2. The van der Waals surface area contributed by atoms with Crippen molar-refractivity contribution < 1.29 is 9.25 Å². The Kier molecular flexibility index (Phi) is 5.64. The van der Waals surface area contributed by atoms with Crippen molar-refractivity contribution in [3.05, 3.63) is 65.4 Å². The number of rotatable bonds is 7. The Morgan fingerprint density at radius 2 is 2.00 bits per heavy atom. The van der Waals surface area contributed by atoms with Crippen molar-refractivity contribution in [3.8, 4) is 0 Å². The lowest BCUT2D eigenvalue weighted by atomic mass is 10.1. The van der Waals surface area contributed by atoms with Gasteiger partial charge in [0.2, 0.25) is 5.71 Å². The second-order valence-corrected chi connectivity index (χ2v) is 7.03. The van der Waals surface area contributed by atoms with E-state index in [-0.39, 0.29) is 0 Å². The van der Waals surface area contributed by atoms with Gasteiger partial charge in [-0.1, -0.05) is 47.1 Å². The molecule has 0 radical (unpaired) electrons. The van der Waals surface area contributed by atoms with E-state index in [0.717, 1.165) is 45.4 Å². The van der Waals surface area contributed by atoms with Crippen molar-refractivity contribution in [1.82, 2.24) is 4.98 Å². The van der Waals surface area contributed by atoms with E-state index in [1.165, 1.54) is 6.26 Å². The Morgan fingerprint density at radius 1 is 1.21 bits per heavy atom. The van der Waals surface area contributed by atoms with Crippen LogP contribution in [0.15, 0.2) is 64.4 Å². The first-order valence-electron chi connectivity index (χ1n) is 9.37. The van der Waals surface area contributed by atoms with Gasteiger partial charge in [-0.3, -0.25) is 0 Å². The fourth-order valence-electron chi connectivity index (χ4n) is 3.07. The Morgan fingerprint density at radius 3 is 2.79 bits per heavy atom. The predicted octanol–water partition coefficient (Wildman–Crippen LogP) is 5.47. The summed E-state index contributed by atoms with van der Waals surface area (Å²) in [4.78, 5) is 9.83. The number of furan rings is 1. The largest absolute Gasteiger partial charge is 0.444 e. The third-order valence-corrected chi connectivity index (χ3v) is 4.86. The topological polar surface area (TPSA) is 85.7 Å². The van der Waals surface area contributed by atoms with E-state index in [0.29, 0.717) is 23.9 Å². The van der Waals surface area contributed by atoms with E-state index in [9.17, 15) is 0 Å². The van der Waals surface area contributed by atoms with E-state index < -0.39 is 0 Å². The highest BCUT2D eigenvalue weighted by molar-refractivity contribution is 6.37. The number of pyridine rings is 1. The molecule has 0 fully saturated rings. The summed E-state index contributed by atoms with van der Waals surface area (Å²) in [6, 6.07) is 15.8. The normalized spacial score (nSPS) is 11.9. The van der Waals surface area contributed by atoms with E-state index in [2.05, 4.69) is 15.5 Å². The minimum atomic E-state index is 0.505. The van der Waals surface area contributed by atoms with Crippen LogP contribution in [0.25, 0.3) is 22.0 Å². The minimum absolute atomic E-state index is 0.505. The van der Waals surface area contributed by atoms with E-state index >= 15 is 0 Å². The lowest BCUT2D eigenvalue weighted by Crippen LogP contribution is -2.03. The summed E-state index contributed by atoms with van der Waals surface area (Å²) in [7, 11) is 0. The van der Waals surface area contributed by atoms with Gasteiger partial charge in [0.25, 0.3) is 0 Å². The highest BCUT2D eigenvalue weighted by atomic mass is 35.5. The van der Waals surface area contributed by atoms with Gasteiger partial charge < -0.3 is 20.3 Å². The zero-order chi connectivity index (χ0) is 20.2. The monoisotopic (exact) mass is 408 g/mol. The number of nitrogens with one attached hydrogen (secondary N) is 1. The Hall–Kier alpha value is -3.09. The molecule has 0 amide bonds. The molecule has 4 rings (SSSR count). The molecule has 0 aliphatic carbocycles. The number of fused-ring (bicyclic) bond motifs is 2. The number of hydrogen-bond acceptors (Lipinski definition) is 6. The molecule has 2 aromatic carbocycles. The number of halogens is 1. The first-order valence-corrected chi connectivity index (χ1v) is 9.74. The molecule has 0 atom stereocenters. The maximum Gasteiger partial charge on any atom is 0.230 e. The van der Waals surface area contributed by atoms with Crippen LogP contribution in [-0.4, -0.2) is 23.8 Å². The second-order valence-electron chi connectivity index (χ2n) is 6.62. The molecule has 3 N–H and O–H groups in total. The van der Waals surface area contributed by atoms with Crippen LogP contribution in [0.4, 0.5) is 11.4 Å². The van der Waals surface area contributed by atoms with Crippen molar-refractivity contribution in [3.63, 3.8) is 0 Å². The SMILES string of the molecule is CC(=NOCCCN)c1ccc(Nc2c3ccccc3nc3occ(Cl)c23)cc1. The van der Waals surface area contributed by atoms with Crippen molar-refractivity contribution >= 4 is 50.7 Å². The first-order chi connectivity index (χ1) is 14.2. The molecule has 7 heteroatoms. The number of oxime groups is 1. The summed E-state index contributed by atoms with van der Waals surface area (Å²) >= 11 is 6.37. The van der Waals surface area contributed by atoms with Gasteiger partial charge in [-0.15, -0.1) is 0 Å². The van der Waals surface area contributed by atoms with Crippen LogP contribution in [-0.2, 0) is 4.84 Å². The number of nitrogens with zero attached hydrogens (tertiary/aromatic N) is 2. The highest BCUT2D eigenvalue weighted by Crippen LogP contribution is 2.38. The molecule has 0 unspecified atom stereocenters. The molecule has 6 nitrogen and oxygen atoms in total. The average Bonchev–Trinajstić information content (AvgIpc) is 3.12. The highest BCUT2D eigenvalue weighted by Gasteiger charge is 2.15. The maximum absolute atomic E-state index is 6.37. The van der Waals surface area contributed by atoms with E-state index in [1.807, 2.05) is 55.5 Å². The summed E-state index contributed by atoms with van der Waals surface area (Å²) in [6.07, 6.45) is 2.29. The fourth-order valence-corrected chi connectivity index (χ4v) is 3.29. The lowest BCUT2D eigenvalue weighted by molar-refractivity contribution is 0.143. The summed E-state index contributed by atoms with van der Waals surface area (Å²) < 4.78 is 5.52. The van der Waals surface area contributed by atoms with E-state index in [1.54, 1.807) is 0 Å². The third kappa shape index (κ3) is 4.04. The minimum Gasteiger partial charge on any atom is -0.444 e. The molecule has 0 aliphatic rings. The summed E-state index contributed by atoms with van der Waals surface area (Å²) in [5, 5.41) is 9.87.